The highest BCUT2D eigenvalue weighted by Crippen LogP contribution is 2.35. The lowest BCUT2D eigenvalue weighted by Gasteiger charge is -2.31. The van der Waals surface area contributed by atoms with Gasteiger partial charge < -0.3 is 10.5 Å². The van der Waals surface area contributed by atoms with Gasteiger partial charge in [0.05, 0.1) is 5.56 Å². The molecule has 1 heterocycles. The number of hydrogen-bond donors (Lipinski definition) is 1. The topological polar surface area (TPSA) is 38.5 Å². The molecule has 2 atom stereocenters. The summed E-state index contributed by atoms with van der Waals surface area (Å²) in [6.45, 7) is 2.95. The monoisotopic (exact) mass is 304 g/mol. The standard InChI is InChI=1S/C17H24N2OS/c18-17(21)14-6-2-4-8-16(14)20-12-11-19-10-9-13-5-1-3-7-15(13)19/h2,4,6,8,13,15H,1,3,5,7,9-12H2,(H2,18,21). The lowest BCUT2D eigenvalue weighted by molar-refractivity contribution is 0.154. The number of fused-ring (bicyclic) bond motifs is 1. The van der Waals surface area contributed by atoms with Gasteiger partial charge >= 0.3 is 0 Å². The third-order valence-electron chi connectivity index (χ3n) is 4.91. The maximum Gasteiger partial charge on any atom is 0.129 e. The van der Waals surface area contributed by atoms with Crippen molar-refractivity contribution in [3.63, 3.8) is 0 Å². The highest BCUT2D eigenvalue weighted by atomic mass is 32.1. The number of nitrogens with zero attached hydrogens (tertiary/aromatic N) is 1. The van der Waals surface area contributed by atoms with E-state index in [1.807, 2.05) is 24.3 Å². The Labute approximate surface area is 132 Å². The molecule has 0 amide bonds. The molecule has 0 aromatic heterocycles. The molecule has 0 radical (unpaired) electrons. The van der Waals surface area contributed by atoms with Crippen LogP contribution in [0, 0.1) is 5.92 Å². The van der Waals surface area contributed by atoms with E-state index in [-0.39, 0.29) is 0 Å². The molecule has 0 spiro atoms. The Morgan fingerprint density at radius 3 is 2.90 bits per heavy atom. The fourth-order valence-corrected chi connectivity index (χ4v) is 4.02. The van der Waals surface area contributed by atoms with E-state index < -0.39 is 0 Å². The van der Waals surface area contributed by atoms with Gasteiger partial charge in [0.1, 0.15) is 17.3 Å². The number of likely N-dealkylation sites (tertiary alicyclic amines) is 1. The van der Waals surface area contributed by atoms with Gasteiger partial charge in [-0.2, -0.15) is 0 Å². The molecule has 1 aromatic rings. The molecule has 2 unspecified atom stereocenters. The van der Waals surface area contributed by atoms with Crippen LogP contribution in [0.3, 0.4) is 0 Å². The fourth-order valence-electron chi connectivity index (χ4n) is 3.85. The summed E-state index contributed by atoms with van der Waals surface area (Å²) in [5, 5.41) is 0. The molecule has 1 aliphatic heterocycles. The third-order valence-corrected chi connectivity index (χ3v) is 5.13. The van der Waals surface area contributed by atoms with Crippen LogP contribution in [0.4, 0.5) is 0 Å². The van der Waals surface area contributed by atoms with E-state index in [4.69, 9.17) is 22.7 Å². The Hall–Kier alpha value is -1.13. The van der Waals surface area contributed by atoms with Crippen LogP contribution < -0.4 is 10.5 Å². The summed E-state index contributed by atoms with van der Waals surface area (Å²) in [5.74, 6) is 1.74. The van der Waals surface area contributed by atoms with E-state index in [1.54, 1.807) is 0 Å². The van der Waals surface area contributed by atoms with Gasteiger partial charge in [0.2, 0.25) is 0 Å². The highest BCUT2D eigenvalue weighted by molar-refractivity contribution is 7.80. The Morgan fingerprint density at radius 2 is 2.05 bits per heavy atom. The van der Waals surface area contributed by atoms with Gasteiger partial charge in [0.15, 0.2) is 0 Å². The lowest BCUT2D eigenvalue weighted by Crippen LogP contribution is -2.37. The average molecular weight is 304 g/mol. The van der Waals surface area contributed by atoms with Crippen LogP contribution in [0.5, 0.6) is 5.75 Å². The quantitative estimate of drug-likeness (QED) is 0.849. The van der Waals surface area contributed by atoms with Gasteiger partial charge in [0, 0.05) is 12.6 Å². The van der Waals surface area contributed by atoms with E-state index in [2.05, 4.69) is 4.90 Å². The first-order chi connectivity index (χ1) is 10.3. The summed E-state index contributed by atoms with van der Waals surface area (Å²) in [5.41, 5.74) is 6.57. The van der Waals surface area contributed by atoms with Crippen molar-refractivity contribution in [2.24, 2.45) is 11.7 Å². The smallest absolute Gasteiger partial charge is 0.129 e. The van der Waals surface area contributed by atoms with Crippen molar-refractivity contribution in [3.8, 4) is 5.75 Å². The zero-order valence-electron chi connectivity index (χ0n) is 12.5. The Kier molecular flexibility index (Phi) is 4.76. The van der Waals surface area contributed by atoms with Crippen molar-refractivity contribution >= 4 is 17.2 Å². The molecule has 0 bridgehead atoms. The predicted molar refractivity (Wildman–Crippen MR) is 89.8 cm³/mol. The first-order valence-corrected chi connectivity index (χ1v) is 8.42. The Balaban J connectivity index is 1.53. The second kappa shape index (κ2) is 6.75. The number of benzene rings is 1. The second-order valence-electron chi connectivity index (χ2n) is 6.15. The molecule has 1 aromatic carbocycles. The normalized spacial score (nSPS) is 25.5. The van der Waals surface area contributed by atoms with E-state index in [0.717, 1.165) is 29.8 Å². The number of nitrogens with two attached hydrogens (primary N) is 1. The zero-order chi connectivity index (χ0) is 14.7. The number of para-hydroxylation sites is 1. The van der Waals surface area contributed by atoms with Crippen LogP contribution in [0.1, 0.15) is 37.7 Å². The molecule has 2 N–H and O–H groups in total. The molecular weight excluding hydrogens is 280 g/mol. The maximum absolute atomic E-state index is 5.93. The molecular formula is C17H24N2OS. The van der Waals surface area contributed by atoms with Gasteiger partial charge in [-0.3, -0.25) is 4.90 Å². The van der Waals surface area contributed by atoms with Crippen molar-refractivity contribution in [1.82, 2.24) is 4.90 Å². The summed E-state index contributed by atoms with van der Waals surface area (Å²) in [6, 6.07) is 8.57. The van der Waals surface area contributed by atoms with E-state index in [1.165, 1.54) is 38.6 Å². The molecule has 1 saturated heterocycles. The Bertz CT molecular complexity index is 505. The predicted octanol–water partition coefficient (Wildman–Crippen LogP) is 2.96. The molecule has 2 aliphatic rings. The molecule has 3 rings (SSSR count). The van der Waals surface area contributed by atoms with Crippen molar-refractivity contribution < 1.29 is 4.74 Å². The van der Waals surface area contributed by atoms with Gasteiger partial charge in [0.25, 0.3) is 0 Å². The summed E-state index contributed by atoms with van der Waals surface area (Å²) >= 11 is 5.07. The van der Waals surface area contributed by atoms with Gasteiger partial charge in [-0.25, -0.2) is 0 Å². The molecule has 2 fully saturated rings. The number of rotatable bonds is 5. The van der Waals surface area contributed by atoms with Crippen molar-refractivity contribution in [3.05, 3.63) is 29.8 Å². The van der Waals surface area contributed by atoms with E-state index >= 15 is 0 Å². The van der Waals surface area contributed by atoms with Crippen molar-refractivity contribution in [2.75, 3.05) is 19.7 Å². The van der Waals surface area contributed by atoms with Crippen molar-refractivity contribution in [1.29, 1.82) is 0 Å². The maximum atomic E-state index is 5.93. The first-order valence-electron chi connectivity index (χ1n) is 8.01. The molecule has 114 valence electrons. The third kappa shape index (κ3) is 3.38. The average Bonchev–Trinajstić information content (AvgIpc) is 2.91. The van der Waals surface area contributed by atoms with Crippen LogP contribution in [-0.4, -0.2) is 35.6 Å². The van der Waals surface area contributed by atoms with Crippen LogP contribution in [0.2, 0.25) is 0 Å². The van der Waals surface area contributed by atoms with Gasteiger partial charge in [-0.1, -0.05) is 37.2 Å². The number of thiocarbonyl (C=S) groups is 1. The largest absolute Gasteiger partial charge is 0.492 e. The van der Waals surface area contributed by atoms with Crippen molar-refractivity contribution in [2.45, 2.75) is 38.1 Å². The van der Waals surface area contributed by atoms with Crippen LogP contribution in [-0.2, 0) is 0 Å². The summed E-state index contributed by atoms with van der Waals surface area (Å²) < 4.78 is 5.93. The van der Waals surface area contributed by atoms with E-state index in [0.29, 0.717) is 11.6 Å². The molecule has 21 heavy (non-hydrogen) atoms. The van der Waals surface area contributed by atoms with Gasteiger partial charge in [-0.15, -0.1) is 0 Å². The molecule has 4 heteroatoms. The van der Waals surface area contributed by atoms with Crippen LogP contribution in [0.25, 0.3) is 0 Å². The van der Waals surface area contributed by atoms with Gasteiger partial charge in [-0.05, 0) is 43.9 Å². The highest BCUT2D eigenvalue weighted by Gasteiger charge is 2.35. The fraction of sp³-hybridized carbons (Fsp3) is 0.588. The minimum atomic E-state index is 0.402. The Morgan fingerprint density at radius 1 is 1.24 bits per heavy atom. The van der Waals surface area contributed by atoms with Crippen LogP contribution >= 0.6 is 12.2 Å². The molecule has 1 saturated carbocycles. The van der Waals surface area contributed by atoms with E-state index in [9.17, 15) is 0 Å². The molecule has 3 nitrogen and oxygen atoms in total. The zero-order valence-corrected chi connectivity index (χ0v) is 13.3. The molecule has 1 aliphatic carbocycles. The number of hydrogen-bond acceptors (Lipinski definition) is 3. The summed E-state index contributed by atoms with van der Waals surface area (Å²) in [6.07, 6.45) is 6.98. The minimum Gasteiger partial charge on any atom is -0.492 e. The lowest BCUT2D eigenvalue weighted by atomic mass is 9.85. The summed E-state index contributed by atoms with van der Waals surface area (Å²) in [7, 11) is 0. The minimum absolute atomic E-state index is 0.402. The number of ether oxygens (including phenoxy) is 1. The second-order valence-corrected chi connectivity index (χ2v) is 6.59. The summed E-state index contributed by atoms with van der Waals surface area (Å²) in [4.78, 5) is 3.02. The SMILES string of the molecule is NC(=S)c1ccccc1OCCN1CCC2CCCCC21. The van der Waals surface area contributed by atoms with Crippen LogP contribution in [0.15, 0.2) is 24.3 Å². The first kappa shape index (κ1) is 14.8.